The van der Waals surface area contributed by atoms with Crippen LogP contribution in [0.1, 0.15) is 19.3 Å². The van der Waals surface area contributed by atoms with Gasteiger partial charge in [0.2, 0.25) is 11.8 Å². The number of hydrazine groups is 1. The van der Waals surface area contributed by atoms with Crippen molar-refractivity contribution in [3.63, 3.8) is 0 Å². The zero-order valence-corrected chi connectivity index (χ0v) is 13.6. The number of anilines is 2. The zero-order valence-electron chi connectivity index (χ0n) is 13.6. The molecule has 0 radical (unpaired) electrons. The van der Waals surface area contributed by atoms with E-state index in [9.17, 15) is 14.0 Å². The number of piperidine rings is 1. The number of methoxy groups -OCH3 is 1. The number of hydrogen-bond acceptors (Lipinski definition) is 6. The summed E-state index contributed by atoms with van der Waals surface area (Å²) in [5, 5.41) is 4.17. The highest BCUT2D eigenvalue weighted by atomic mass is 19.1. The summed E-state index contributed by atoms with van der Waals surface area (Å²) in [6.45, 7) is 2.99. The Hall–Kier alpha value is -2.35. The zero-order chi connectivity index (χ0) is 17.1. The van der Waals surface area contributed by atoms with Crippen LogP contribution in [0.15, 0.2) is 12.1 Å². The number of piperazine rings is 1. The Morgan fingerprint density at radius 1 is 1.17 bits per heavy atom. The second-order valence-electron chi connectivity index (χ2n) is 5.83. The van der Waals surface area contributed by atoms with E-state index in [-0.39, 0.29) is 17.5 Å². The molecule has 1 aromatic rings. The summed E-state index contributed by atoms with van der Waals surface area (Å²) >= 11 is 0. The van der Waals surface area contributed by atoms with Gasteiger partial charge in [-0.1, -0.05) is 0 Å². The quantitative estimate of drug-likeness (QED) is 0.803. The van der Waals surface area contributed by atoms with Crippen LogP contribution in [0.25, 0.3) is 0 Å². The normalized spacial score (nSPS) is 18.8. The number of rotatable bonds is 4. The van der Waals surface area contributed by atoms with Crippen molar-refractivity contribution in [1.82, 2.24) is 10.3 Å². The van der Waals surface area contributed by atoms with E-state index in [1.54, 1.807) is 6.07 Å². The average molecular weight is 336 g/mol. The first kappa shape index (κ1) is 16.5. The number of carbonyl (C=O) groups excluding carboxylic acids is 2. The maximum absolute atomic E-state index is 14.6. The number of nitrogens with one attached hydrogen (secondary N) is 2. The second-order valence-corrected chi connectivity index (χ2v) is 5.83. The smallest absolute Gasteiger partial charge is 0.248 e. The van der Waals surface area contributed by atoms with Gasteiger partial charge in [-0.25, -0.2) is 4.39 Å². The average Bonchev–Trinajstić information content (AvgIpc) is 2.59. The van der Waals surface area contributed by atoms with E-state index in [1.807, 2.05) is 4.90 Å². The number of halogens is 1. The van der Waals surface area contributed by atoms with Crippen LogP contribution in [0, 0.1) is 5.82 Å². The van der Waals surface area contributed by atoms with Crippen LogP contribution < -0.4 is 20.4 Å². The Balaban J connectivity index is 1.86. The molecular formula is C16H21FN4O3. The molecule has 0 saturated carbocycles. The Morgan fingerprint density at radius 2 is 1.83 bits per heavy atom. The van der Waals surface area contributed by atoms with Crippen LogP contribution in [0.3, 0.4) is 0 Å². The van der Waals surface area contributed by atoms with Crippen molar-refractivity contribution in [3.8, 4) is 5.75 Å². The third-order valence-corrected chi connectivity index (χ3v) is 4.24. The van der Waals surface area contributed by atoms with Gasteiger partial charge in [0.15, 0.2) is 0 Å². The molecule has 24 heavy (non-hydrogen) atoms. The highest BCUT2D eigenvalue weighted by Gasteiger charge is 2.27. The van der Waals surface area contributed by atoms with Gasteiger partial charge in [-0.2, -0.15) is 5.01 Å². The molecule has 2 aliphatic rings. The number of benzene rings is 1. The maximum atomic E-state index is 14.6. The molecule has 0 unspecified atom stereocenters. The first-order valence-corrected chi connectivity index (χ1v) is 8.06. The molecule has 7 nitrogen and oxygen atoms in total. The SMILES string of the molecule is COc1cc(N2CCNCC2)c(F)cc1NN1C(=O)CCCC1=O. The summed E-state index contributed by atoms with van der Waals surface area (Å²) in [6.07, 6.45) is 1.13. The van der Waals surface area contributed by atoms with Gasteiger partial charge in [0, 0.05) is 51.2 Å². The van der Waals surface area contributed by atoms with Crippen LogP contribution in [0.5, 0.6) is 5.75 Å². The predicted molar refractivity (Wildman–Crippen MR) is 87.4 cm³/mol. The van der Waals surface area contributed by atoms with E-state index in [2.05, 4.69) is 10.7 Å². The number of ether oxygens (including phenoxy) is 1. The van der Waals surface area contributed by atoms with Gasteiger partial charge in [-0.15, -0.1) is 0 Å². The summed E-state index contributed by atoms with van der Waals surface area (Å²) in [4.78, 5) is 25.7. The van der Waals surface area contributed by atoms with Crippen molar-refractivity contribution in [2.75, 3.05) is 43.6 Å². The molecule has 0 aliphatic carbocycles. The second kappa shape index (κ2) is 7.04. The topological polar surface area (TPSA) is 73.9 Å². The summed E-state index contributed by atoms with van der Waals surface area (Å²) in [5.74, 6) is -0.673. The number of imide groups is 1. The van der Waals surface area contributed by atoms with Gasteiger partial charge in [-0.05, 0) is 6.42 Å². The molecular weight excluding hydrogens is 315 g/mol. The van der Waals surface area contributed by atoms with Gasteiger partial charge < -0.3 is 15.0 Å². The number of amides is 2. The Bertz CT molecular complexity index is 630. The third kappa shape index (κ3) is 3.28. The molecule has 2 N–H and O–H groups in total. The Kier molecular flexibility index (Phi) is 4.84. The predicted octanol–water partition coefficient (Wildman–Crippen LogP) is 1.11. The molecule has 2 fully saturated rings. The summed E-state index contributed by atoms with van der Waals surface area (Å²) in [5.41, 5.74) is 3.42. The van der Waals surface area contributed by atoms with Crippen LogP contribution in [0.2, 0.25) is 0 Å². The van der Waals surface area contributed by atoms with E-state index in [4.69, 9.17) is 4.74 Å². The molecule has 2 amide bonds. The fourth-order valence-electron chi connectivity index (χ4n) is 2.95. The fraction of sp³-hybridized carbons (Fsp3) is 0.500. The van der Waals surface area contributed by atoms with Crippen LogP contribution in [-0.2, 0) is 9.59 Å². The minimum atomic E-state index is -0.419. The van der Waals surface area contributed by atoms with E-state index < -0.39 is 5.82 Å². The number of carbonyl (C=O) groups is 2. The molecule has 0 bridgehead atoms. The number of hydrogen-bond donors (Lipinski definition) is 2. The van der Waals surface area contributed by atoms with E-state index in [0.717, 1.165) is 18.1 Å². The summed E-state index contributed by atoms with van der Waals surface area (Å²) in [7, 11) is 1.47. The first-order chi connectivity index (χ1) is 11.6. The van der Waals surface area contributed by atoms with Crippen molar-refractivity contribution in [2.24, 2.45) is 0 Å². The minimum Gasteiger partial charge on any atom is -0.494 e. The van der Waals surface area contributed by atoms with E-state index in [1.165, 1.54) is 13.2 Å². The van der Waals surface area contributed by atoms with Crippen molar-refractivity contribution < 1.29 is 18.7 Å². The van der Waals surface area contributed by atoms with Crippen LogP contribution in [0.4, 0.5) is 15.8 Å². The lowest BCUT2D eigenvalue weighted by Gasteiger charge is -2.31. The molecule has 0 atom stereocenters. The standard InChI is InChI=1S/C16H21FN4O3/c1-24-14-10-13(20-7-5-18-6-8-20)11(17)9-12(14)19-21-15(22)3-2-4-16(21)23/h9-10,18-19H,2-8H2,1H3. The van der Waals surface area contributed by atoms with Gasteiger partial charge in [0.05, 0.1) is 18.5 Å². The highest BCUT2D eigenvalue weighted by molar-refractivity contribution is 5.99. The first-order valence-electron chi connectivity index (χ1n) is 8.06. The molecule has 0 aromatic heterocycles. The molecule has 3 rings (SSSR count). The molecule has 0 spiro atoms. The van der Waals surface area contributed by atoms with Gasteiger partial charge >= 0.3 is 0 Å². The minimum absolute atomic E-state index is 0.262. The number of nitrogens with zero attached hydrogens (tertiary/aromatic N) is 2. The van der Waals surface area contributed by atoms with Crippen LogP contribution in [-0.4, -0.2) is 50.1 Å². The summed E-state index contributed by atoms with van der Waals surface area (Å²) in [6, 6.07) is 2.87. The maximum Gasteiger partial charge on any atom is 0.248 e. The van der Waals surface area contributed by atoms with Gasteiger partial charge in [-0.3, -0.25) is 15.0 Å². The molecule has 2 saturated heterocycles. The van der Waals surface area contributed by atoms with Crippen molar-refractivity contribution in [2.45, 2.75) is 19.3 Å². The van der Waals surface area contributed by atoms with Gasteiger partial charge in [0.25, 0.3) is 0 Å². The lowest BCUT2D eigenvalue weighted by atomic mass is 10.1. The van der Waals surface area contributed by atoms with Crippen molar-refractivity contribution >= 4 is 23.2 Å². The summed E-state index contributed by atoms with van der Waals surface area (Å²) < 4.78 is 19.9. The monoisotopic (exact) mass is 336 g/mol. The molecule has 2 aliphatic heterocycles. The lowest BCUT2D eigenvalue weighted by molar-refractivity contribution is -0.146. The largest absolute Gasteiger partial charge is 0.494 e. The fourth-order valence-corrected chi connectivity index (χ4v) is 2.95. The third-order valence-electron chi connectivity index (χ3n) is 4.24. The molecule has 1 aromatic carbocycles. The highest BCUT2D eigenvalue weighted by Crippen LogP contribution is 2.33. The Morgan fingerprint density at radius 3 is 2.46 bits per heavy atom. The van der Waals surface area contributed by atoms with Crippen LogP contribution >= 0.6 is 0 Å². The van der Waals surface area contributed by atoms with Gasteiger partial charge in [0.1, 0.15) is 11.6 Å². The van der Waals surface area contributed by atoms with Crippen molar-refractivity contribution in [1.29, 1.82) is 0 Å². The van der Waals surface area contributed by atoms with E-state index in [0.29, 0.717) is 43.8 Å². The van der Waals surface area contributed by atoms with Crippen molar-refractivity contribution in [3.05, 3.63) is 17.9 Å². The Labute approximate surface area is 139 Å². The van der Waals surface area contributed by atoms with E-state index >= 15 is 0 Å². The molecule has 130 valence electrons. The lowest BCUT2D eigenvalue weighted by Crippen LogP contribution is -2.44. The molecule has 2 heterocycles. The molecule has 8 heteroatoms.